The second kappa shape index (κ2) is 11.7. The zero-order valence-corrected chi connectivity index (χ0v) is 27.4. The fourth-order valence-corrected chi connectivity index (χ4v) is 7.68. The Kier molecular flexibility index (Phi) is 7.30. The Labute approximate surface area is 306 Å². The van der Waals surface area contributed by atoms with Crippen LogP contribution in [0.5, 0.6) is 0 Å². The van der Waals surface area contributed by atoms with Gasteiger partial charge in [0.1, 0.15) is 73.9 Å². The third-order valence-corrected chi connectivity index (χ3v) is 10.2. The number of hydrogen-bond donors (Lipinski definition) is 0. The SMILES string of the molecule is [B]c1c([B])c([B])c2c(-c3cccc4oc5cc6ccccc6cc5c34)c3c([B])c([B])c([B])c([B])c3c(-c3ccc(-c4ccccc4)cc3)c2c1[B]. The van der Waals surface area contributed by atoms with Crippen LogP contribution in [-0.2, 0) is 0 Å². The van der Waals surface area contributed by atoms with E-state index in [9.17, 15) is 0 Å². The standard InChI is InChI=1S/C42H18B8O/c43-35-31-28(21-15-13-20(14-16-21)19-7-2-1-3-8-19)32-34(38(46)42(50)40(48)36(32)44)30(33(31)37(45)41(49)39(35)47)24-11-6-12-26-29(24)25-17-22-9-4-5-10-23(22)18-27(25)51-26/h1-18H. The van der Waals surface area contributed by atoms with Gasteiger partial charge in [0.25, 0.3) is 0 Å². The van der Waals surface area contributed by atoms with Crippen molar-refractivity contribution >= 4 is 161 Å². The van der Waals surface area contributed by atoms with Crippen LogP contribution in [0.4, 0.5) is 0 Å². The summed E-state index contributed by atoms with van der Waals surface area (Å²) in [6, 6.07) is 36.4. The third kappa shape index (κ3) is 4.60. The van der Waals surface area contributed by atoms with Crippen molar-refractivity contribution in [3.8, 4) is 33.4 Å². The summed E-state index contributed by atoms with van der Waals surface area (Å²) in [5.74, 6) is 0. The molecule has 51 heavy (non-hydrogen) atoms. The minimum atomic E-state index is 0.163. The minimum Gasteiger partial charge on any atom is -0.456 e. The monoisotopic (exact) mass is 626 g/mol. The first kappa shape index (κ1) is 31.8. The molecule has 0 fully saturated rings. The van der Waals surface area contributed by atoms with E-state index < -0.39 is 0 Å². The topological polar surface area (TPSA) is 13.1 Å². The molecule has 0 aliphatic carbocycles. The summed E-state index contributed by atoms with van der Waals surface area (Å²) in [5.41, 5.74) is 8.03. The molecule has 0 atom stereocenters. The lowest BCUT2D eigenvalue weighted by Gasteiger charge is -2.28. The molecule has 0 aliphatic rings. The quantitative estimate of drug-likeness (QED) is 0.218. The molecular weight excluding hydrogens is 607 g/mol. The molecule has 0 saturated carbocycles. The first-order valence-electron chi connectivity index (χ1n) is 16.4. The van der Waals surface area contributed by atoms with E-state index in [0.717, 1.165) is 49.4 Å². The van der Waals surface area contributed by atoms with Gasteiger partial charge in [-0.3, -0.25) is 0 Å². The van der Waals surface area contributed by atoms with E-state index in [1.807, 2.05) is 78.9 Å². The van der Waals surface area contributed by atoms with Crippen LogP contribution in [0.1, 0.15) is 0 Å². The van der Waals surface area contributed by atoms with Gasteiger partial charge in [0, 0.05) is 10.8 Å². The van der Waals surface area contributed by atoms with Gasteiger partial charge < -0.3 is 4.42 Å². The Bertz CT molecular complexity index is 2850. The molecule has 1 nitrogen and oxygen atoms in total. The van der Waals surface area contributed by atoms with E-state index in [2.05, 4.69) is 30.3 Å². The second-order valence-corrected chi connectivity index (χ2v) is 13.0. The zero-order valence-electron chi connectivity index (χ0n) is 27.4. The van der Waals surface area contributed by atoms with Crippen LogP contribution in [0.15, 0.2) is 114 Å². The van der Waals surface area contributed by atoms with Crippen LogP contribution in [-0.4, -0.2) is 62.8 Å². The first-order valence-corrected chi connectivity index (χ1v) is 16.4. The maximum absolute atomic E-state index is 7.01. The molecule has 9 heteroatoms. The number of benzene rings is 8. The van der Waals surface area contributed by atoms with Crippen LogP contribution in [0.3, 0.4) is 0 Å². The van der Waals surface area contributed by atoms with Crippen LogP contribution < -0.4 is 43.7 Å². The Morgan fingerprint density at radius 2 is 0.804 bits per heavy atom. The molecule has 1 heterocycles. The van der Waals surface area contributed by atoms with Crippen LogP contribution >= 0.6 is 0 Å². The molecule has 0 aliphatic heterocycles. The number of furan rings is 1. The average molecular weight is 625 g/mol. The number of hydrogen-bond acceptors (Lipinski definition) is 1. The lowest BCUT2D eigenvalue weighted by atomic mass is 9.59. The van der Waals surface area contributed by atoms with Crippen molar-refractivity contribution in [3.05, 3.63) is 109 Å². The highest BCUT2D eigenvalue weighted by molar-refractivity contribution is 6.71. The average Bonchev–Trinajstić information content (AvgIpc) is 3.53. The zero-order chi connectivity index (χ0) is 35.3. The summed E-state index contributed by atoms with van der Waals surface area (Å²) in [6.45, 7) is 0. The third-order valence-electron chi connectivity index (χ3n) is 10.2. The van der Waals surface area contributed by atoms with Gasteiger partial charge in [0.15, 0.2) is 0 Å². The normalized spacial score (nSPS) is 11.8. The van der Waals surface area contributed by atoms with Crippen LogP contribution in [0.25, 0.3) is 87.6 Å². The van der Waals surface area contributed by atoms with Crippen molar-refractivity contribution < 1.29 is 4.42 Å². The molecule has 0 amide bonds. The molecule has 9 rings (SSSR count). The smallest absolute Gasteiger partial charge is 0.136 e. The van der Waals surface area contributed by atoms with E-state index in [0.29, 0.717) is 38.3 Å². The molecule has 216 valence electrons. The van der Waals surface area contributed by atoms with Crippen LogP contribution in [0, 0.1) is 0 Å². The van der Waals surface area contributed by atoms with Crippen molar-refractivity contribution in [2.24, 2.45) is 0 Å². The first-order chi connectivity index (χ1) is 24.7. The predicted molar refractivity (Wildman–Crippen MR) is 226 cm³/mol. The molecule has 1 aromatic heterocycles. The molecule has 0 spiro atoms. The summed E-state index contributed by atoms with van der Waals surface area (Å²) < 4.78 is 6.48. The second-order valence-electron chi connectivity index (χ2n) is 13.0. The van der Waals surface area contributed by atoms with E-state index >= 15 is 0 Å². The fourth-order valence-electron chi connectivity index (χ4n) is 7.68. The van der Waals surface area contributed by atoms with E-state index in [1.54, 1.807) is 0 Å². The number of rotatable bonds is 3. The molecule has 0 saturated heterocycles. The van der Waals surface area contributed by atoms with E-state index in [4.69, 9.17) is 67.2 Å². The Hall–Kier alpha value is -5.14. The molecule has 9 aromatic rings. The molecule has 0 bridgehead atoms. The maximum atomic E-state index is 7.01. The summed E-state index contributed by atoms with van der Waals surface area (Å²) in [5, 5.41) is 6.14. The largest absolute Gasteiger partial charge is 0.456 e. The lowest BCUT2D eigenvalue weighted by Crippen LogP contribution is -2.50. The molecule has 8 aromatic carbocycles. The van der Waals surface area contributed by atoms with E-state index in [1.165, 1.54) is 0 Å². The van der Waals surface area contributed by atoms with Crippen molar-refractivity contribution in [3.63, 3.8) is 0 Å². The summed E-state index contributed by atoms with van der Waals surface area (Å²) in [7, 11) is 54.5. The van der Waals surface area contributed by atoms with Gasteiger partial charge in [-0.15, -0.1) is 21.9 Å². The van der Waals surface area contributed by atoms with Gasteiger partial charge in [-0.25, -0.2) is 0 Å². The Balaban J connectivity index is 1.51. The molecule has 0 N–H and O–H groups in total. The van der Waals surface area contributed by atoms with E-state index in [-0.39, 0.29) is 43.7 Å². The van der Waals surface area contributed by atoms with Crippen molar-refractivity contribution in [2.75, 3.05) is 0 Å². The van der Waals surface area contributed by atoms with Gasteiger partial charge in [-0.1, -0.05) is 113 Å². The summed E-state index contributed by atoms with van der Waals surface area (Å²) in [6.07, 6.45) is 0. The summed E-state index contributed by atoms with van der Waals surface area (Å²) in [4.78, 5) is 0. The minimum absolute atomic E-state index is 0.163. The Morgan fingerprint density at radius 3 is 1.37 bits per heavy atom. The van der Waals surface area contributed by atoms with Crippen molar-refractivity contribution in [1.82, 2.24) is 0 Å². The molecule has 16 radical (unpaired) electrons. The summed E-state index contributed by atoms with van der Waals surface area (Å²) >= 11 is 0. The van der Waals surface area contributed by atoms with Crippen LogP contribution in [0.2, 0.25) is 0 Å². The number of fused-ring (bicyclic) bond motifs is 6. The highest BCUT2D eigenvalue weighted by Crippen LogP contribution is 2.45. The highest BCUT2D eigenvalue weighted by atomic mass is 16.3. The molecule has 0 unspecified atom stereocenters. The van der Waals surface area contributed by atoms with Gasteiger partial charge in [-0.2, -0.15) is 0 Å². The highest BCUT2D eigenvalue weighted by Gasteiger charge is 2.26. The van der Waals surface area contributed by atoms with Gasteiger partial charge in [-0.05, 0) is 83.9 Å². The fraction of sp³-hybridized carbons (Fsp3) is 0. The maximum Gasteiger partial charge on any atom is 0.136 e. The van der Waals surface area contributed by atoms with Gasteiger partial charge in [0.2, 0.25) is 0 Å². The molecular formula is C42H18B8O. The van der Waals surface area contributed by atoms with Gasteiger partial charge >= 0.3 is 0 Å². The Morgan fingerprint density at radius 1 is 0.333 bits per heavy atom. The van der Waals surface area contributed by atoms with Crippen molar-refractivity contribution in [1.29, 1.82) is 0 Å². The predicted octanol–water partition coefficient (Wildman–Crippen LogP) is 2.40. The van der Waals surface area contributed by atoms with Gasteiger partial charge in [0.05, 0.1) is 0 Å². The van der Waals surface area contributed by atoms with Crippen molar-refractivity contribution in [2.45, 2.75) is 0 Å². The lowest BCUT2D eigenvalue weighted by molar-refractivity contribution is 0.669.